The number of aromatic amines is 1. The molecule has 0 spiro atoms. The first-order chi connectivity index (χ1) is 27.0. The molecule has 4 aliphatic rings. The van der Waals surface area contributed by atoms with Crippen molar-refractivity contribution in [3.63, 3.8) is 0 Å². The van der Waals surface area contributed by atoms with E-state index in [0.717, 1.165) is 23.2 Å². The van der Waals surface area contributed by atoms with Crippen LogP contribution in [-0.4, -0.2) is 9.97 Å². The largest absolute Gasteiger partial charge is 0.353 e. The van der Waals surface area contributed by atoms with E-state index >= 15 is 0 Å². The first kappa shape index (κ1) is 35.3. The summed E-state index contributed by atoms with van der Waals surface area (Å²) in [7, 11) is 0. The number of nitrogens with zero attached hydrogens (tertiary/aromatic N) is 1. The molecule has 0 aliphatic heterocycles. The molecule has 55 heavy (non-hydrogen) atoms. The molecule has 4 aliphatic carbocycles. The molecule has 10 rings (SSSR count). The molecule has 6 aromatic rings. The number of hydrogen-bond donors (Lipinski definition) is 1. The number of H-pyrrole nitrogens is 1. The molecule has 4 saturated carbocycles. The Kier molecular flexibility index (Phi) is 8.84. The fourth-order valence-corrected chi connectivity index (χ4v) is 11.3. The van der Waals surface area contributed by atoms with E-state index in [2.05, 4.69) is 112 Å². The lowest BCUT2D eigenvalue weighted by molar-refractivity contribution is 0.605. The van der Waals surface area contributed by atoms with E-state index in [-0.39, 0.29) is 0 Å². The molecule has 0 amide bonds. The minimum absolute atomic E-state index is 0.338. The van der Waals surface area contributed by atoms with Gasteiger partial charge in [0.1, 0.15) is 0 Å². The van der Waals surface area contributed by atoms with E-state index in [0.29, 0.717) is 22.7 Å². The van der Waals surface area contributed by atoms with Gasteiger partial charge in [-0.3, -0.25) is 4.98 Å². The lowest BCUT2D eigenvalue weighted by atomic mass is 9.81. The SMILES string of the molecule is CCCC1CC1c1cc(-c2c3cc(C4CC4CCC)ccc3c(-c3ccc(-c4ccccn4)[nH]3)c3ccc(C4(CCC)CC4)cc23)cc(C2(CCC)CC2)c1. The molecule has 2 heteroatoms. The lowest BCUT2D eigenvalue weighted by Gasteiger charge is -2.23. The topological polar surface area (TPSA) is 28.7 Å². The second kappa shape index (κ2) is 13.8. The van der Waals surface area contributed by atoms with Crippen molar-refractivity contribution in [2.75, 3.05) is 0 Å². The third-order valence-corrected chi connectivity index (χ3v) is 14.7. The van der Waals surface area contributed by atoms with E-state index < -0.39 is 0 Å². The Bertz CT molecular complexity index is 2370. The number of benzene rings is 4. The van der Waals surface area contributed by atoms with Gasteiger partial charge in [0.15, 0.2) is 0 Å². The van der Waals surface area contributed by atoms with Gasteiger partial charge < -0.3 is 4.98 Å². The summed E-state index contributed by atoms with van der Waals surface area (Å²) in [5.41, 5.74) is 14.6. The van der Waals surface area contributed by atoms with Crippen molar-refractivity contribution in [1.29, 1.82) is 0 Å². The van der Waals surface area contributed by atoms with Crippen molar-refractivity contribution in [1.82, 2.24) is 9.97 Å². The predicted octanol–water partition coefficient (Wildman–Crippen LogP) is 15.2. The maximum atomic E-state index is 4.72. The van der Waals surface area contributed by atoms with Gasteiger partial charge in [-0.15, -0.1) is 0 Å². The summed E-state index contributed by atoms with van der Waals surface area (Å²) in [5.74, 6) is 3.07. The van der Waals surface area contributed by atoms with Crippen LogP contribution in [-0.2, 0) is 10.8 Å². The maximum absolute atomic E-state index is 4.72. The second-order valence-electron chi connectivity index (χ2n) is 18.5. The molecular weight excluding hydrogens is 665 g/mol. The van der Waals surface area contributed by atoms with Gasteiger partial charge in [-0.2, -0.15) is 0 Å². The quantitative estimate of drug-likeness (QED) is 0.105. The van der Waals surface area contributed by atoms with Crippen LogP contribution in [0.15, 0.2) is 91.1 Å². The summed E-state index contributed by atoms with van der Waals surface area (Å²) in [5, 5.41) is 5.62. The highest BCUT2D eigenvalue weighted by Crippen LogP contribution is 2.58. The zero-order valence-electron chi connectivity index (χ0n) is 33.8. The Morgan fingerprint density at radius 1 is 0.564 bits per heavy atom. The van der Waals surface area contributed by atoms with E-state index in [1.54, 1.807) is 22.3 Å². The highest BCUT2D eigenvalue weighted by atomic mass is 14.8. The van der Waals surface area contributed by atoms with Crippen molar-refractivity contribution < 1.29 is 0 Å². The van der Waals surface area contributed by atoms with Crippen molar-refractivity contribution in [3.05, 3.63) is 113 Å². The Hall–Kier alpha value is -4.17. The number of fused-ring (bicyclic) bond motifs is 2. The molecule has 0 bridgehead atoms. The summed E-state index contributed by atoms with van der Waals surface area (Å²) in [6.45, 7) is 9.48. The Balaban J connectivity index is 1.26. The van der Waals surface area contributed by atoms with Crippen molar-refractivity contribution in [2.24, 2.45) is 11.8 Å². The lowest BCUT2D eigenvalue weighted by Crippen LogP contribution is -2.08. The molecule has 2 aromatic heterocycles. The minimum atomic E-state index is 0.338. The third kappa shape index (κ3) is 6.27. The molecule has 282 valence electrons. The van der Waals surface area contributed by atoms with Crippen LogP contribution in [0.4, 0.5) is 0 Å². The number of pyridine rings is 1. The molecule has 0 radical (unpaired) electrons. The molecule has 4 fully saturated rings. The van der Waals surface area contributed by atoms with Crippen LogP contribution >= 0.6 is 0 Å². The third-order valence-electron chi connectivity index (χ3n) is 14.7. The normalized spacial score (nSPS) is 23.0. The zero-order valence-corrected chi connectivity index (χ0v) is 33.8. The van der Waals surface area contributed by atoms with E-state index in [4.69, 9.17) is 4.98 Å². The van der Waals surface area contributed by atoms with Gasteiger partial charge in [0.2, 0.25) is 0 Å². The highest BCUT2D eigenvalue weighted by molar-refractivity contribution is 6.21. The Morgan fingerprint density at radius 2 is 1.22 bits per heavy atom. The van der Waals surface area contributed by atoms with Crippen LogP contribution < -0.4 is 0 Å². The monoisotopic (exact) mass is 724 g/mol. The molecule has 4 unspecified atom stereocenters. The molecule has 1 N–H and O–H groups in total. The van der Waals surface area contributed by atoms with E-state index in [1.165, 1.54) is 134 Å². The summed E-state index contributed by atoms with van der Waals surface area (Å²) in [6, 6.07) is 34.1. The van der Waals surface area contributed by atoms with Crippen LogP contribution in [0.5, 0.6) is 0 Å². The minimum Gasteiger partial charge on any atom is -0.353 e. The Morgan fingerprint density at radius 3 is 1.87 bits per heavy atom. The average Bonchev–Trinajstić information content (AvgIpc) is 4.03. The maximum Gasteiger partial charge on any atom is 0.0864 e. The van der Waals surface area contributed by atoms with Crippen LogP contribution in [0.25, 0.3) is 55.3 Å². The number of aromatic nitrogens is 2. The molecule has 2 heterocycles. The second-order valence-corrected chi connectivity index (χ2v) is 18.5. The van der Waals surface area contributed by atoms with Gasteiger partial charge in [-0.05, 0) is 171 Å². The van der Waals surface area contributed by atoms with Crippen LogP contribution in [0.1, 0.15) is 152 Å². The first-order valence-electron chi connectivity index (χ1n) is 22.3. The van der Waals surface area contributed by atoms with E-state index in [9.17, 15) is 0 Å². The van der Waals surface area contributed by atoms with Gasteiger partial charge in [0.25, 0.3) is 0 Å². The molecule has 0 saturated heterocycles. The number of rotatable bonds is 15. The fourth-order valence-electron chi connectivity index (χ4n) is 11.3. The average molecular weight is 725 g/mol. The predicted molar refractivity (Wildman–Crippen MR) is 233 cm³/mol. The summed E-state index contributed by atoms with van der Waals surface area (Å²) < 4.78 is 0. The van der Waals surface area contributed by atoms with Crippen molar-refractivity contribution in [2.45, 2.75) is 140 Å². The van der Waals surface area contributed by atoms with Gasteiger partial charge in [-0.1, -0.05) is 121 Å². The highest BCUT2D eigenvalue weighted by Gasteiger charge is 2.46. The smallest absolute Gasteiger partial charge is 0.0864 e. The van der Waals surface area contributed by atoms with Gasteiger partial charge in [0, 0.05) is 17.5 Å². The molecule has 4 atom stereocenters. The summed E-state index contributed by atoms with van der Waals surface area (Å²) in [4.78, 5) is 8.59. The van der Waals surface area contributed by atoms with Crippen LogP contribution in [0.3, 0.4) is 0 Å². The summed E-state index contributed by atoms with van der Waals surface area (Å²) in [6.07, 6.45) is 20.2. The first-order valence-corrected chi connectivity index (χ1v) is 22.3. The Labute approximate surface area is 329 Å². The van der Waals surface area contributed by atoms with Gasteiger partial charge in [0.05, 0.1) is 11.4 Å². The zero-order chi connectivity index (χ0) is 37.3. The number of nitrogens with one attached hydrogen (secondary N) is 1. The molecule has 2 nitrogen and oxygen atoms in total. The van der Waals surface area contributed by atoms with Crippen molar-refractivity contribution in [3.8, 4) is 33.8 Å². The van der Waals surface area contributed by atoms with E-state index in [1.807, 2.05) is 12.3 Å². The number of hydrogen-bond acceptors (Lipinski definition) is 1. The summed E-state index contributed by atoms with van der Waals surface area (Å²) >= 11 is 0. The van der Waals surface area contributed by atoms with Gasteiger partial charge >= 0.3 is 0 Å². The fraction of sp³-hybridized carbons (Fsp3) is 0.453. The molecular formula is C53H60N2. The van der Waals surface area contributed by atoms with Gasteiger partial charge in [-0.25, -0.2) is 0 Å². The molecule has 4 aromatic carbocycles. The van der Waals surface area contributed by atoms with Crippen LogP contribution in [0, 0.1) is 11.8 Å². The van der Waals surface area contributed by atoms with Crippen LogP contribution in [0.2, 0.25) is 0 Å². The standard InChI is InChI=1S/C53H60N2/c1-5-11-34-30-43(34)36-14-16-41-45(32-36)50(38-27-37(44-31-35(44)12-6-2)28-40(29-38)53(21-8-4)24-25-53)46-33-39(52(20-7-3)22-23-52)15-17-42(46)51(41)49-19-18-48(55-49)47-13-9-10-26-54-47/h9-10,13-19,26-29,32-35,43-44,55H,5-8,11-12,20-25,30-31H2,1-4H3. The van der Waals surface area contributed by atoms with Crippen molar-refractivity contribution >= 4 is 21.5 Å².